The van der Waals surface area contributed by atoms with E-state index < -0.39 is 0 Å². The standard InChI is InChI=1S/C23H28N4O2/c1-24(2)19-7-4-17(5-8-19)18-6-9-20-21(16-18)23(29)27(22(20)28)15-14-26-12-10-25(3)11-13-26/h4-9,16H,10-15H2,1-3H3. The molecule has 2 aromatic rings. The Morgan fingerprint density at radius 2 is 1.41 bits per heavy atom. The van der Waals surface area contributed by atoms with Crippen molar-refractivity contribution in [2.45, 2.75) is 0 Å². The van der Waals surface area contributed by atoms with E-state index in [9.17, 15) is 9.59 Å². The maximum Gasteiger partial charge on any atom is 0.261 e. The molecular weight excluding hydrogens is 364 g/mol. The minimum atomic E-state index is -0.175. The van der Waals surface area contributed by atoms with Gasteiger partial charge in [0.1, 0.15) is 0 Å². The number of fused-ring (bicyclic) bond motifs is 1. The molecule has 4 rings (SSSR count). The number of imide groups is 1. The number of nitrogens with zero attached hydrogens (tertiary/aromatic N) is 4. The normalized spacial score (nSPS) is 17.7. The smallest absolute Gasteiger partial charge is 0.261 e. The molecule has 0 radical (unpaired) electrons. The minimum Gasteiger partial charge on any atom is -0.378 e. The fraction of sp³-hybridized carbons (Fsp3) is 0.391. The topological polar surface area (TPSA) is 47.1 Å². The summed E-state index contributed by atoms with van der Waals surface area (Å²) in [6, 6.07) is 13.8. The van der Waals surface area contributed by atoms with Crippen LogP contribution in [-0.4, -0.2) is 86.9 Å². The maximum absolute atomic E-state index is 12.9. The van der Waals surface area contributed by atoms with Crippen molar-refractivity contribution < 1.29 is 9.59 Å². The third-order valence-corrected chi connectivity index (χ3v) is 5.92. The van der Waals surface area contributed by atoms with Crippen molar-refractivity contribution in [3.8, 4) is 11.1 Å². The van der Waals surface area contributed by atoms with Gasteiger partial charge in [-0.2, -0.15) is 0 Å². The molecule has 0 bridgehead atoms. The Bertz CT molecular complexity index is 915. The molecule has 2 aromatic carbocycles. The Morgan fingerprint density at radius 1 is 0.793 bits per heavy atom. The molecule has 0 N–H and O–H groups in total. The predicted molar refractivity (Wildman–Crippen MR) is 116 cm³/mol. The van der Waals surface area contributed by atoms with E-state index in [0.29, 0.717) is 17.7 Å². The van der Waals surface area contributed by atoms with E-state index in [-0.39, 0.29) is 11.8 Å². The lowest BCUT2D eigenvalue weighted by atomic mass is 10.00. The molecule has 1 fully saturated rings. The first-order valence-electron chi connectivity index (χ1n) is 10.1. The molecule has 0 saturated carbocycles. The maximum atomic E-state index is 12.9. The molecule has 152 valence electrons. The van der Waals surface area contributed by atoms with Gasteiger partial charge in [0.05, 0.1) is 11.1 Å². The number of anilines is 1. The van der Waals surface area contributed by atoms with Crippen LogP contribution in [0.25, 0.3) is 11.1 Å². The van der Waals surface area contributed by atoms with Gasteiger partial charge in [-0.05, 0) is 42.4 Å². The second-order valence-electron chi connectivity index (χ2n) is 8.11. The van der Waals surface area contributed by atoms with Crippen molar-refractivity contribution in [1.82, 2.24) is 14.7 Å². The summed E-state index contributed by atoms with van der Waals surface area (Å²) in [5, 5.41) is 0. The third-order valence-electron chi connectivity index (χ3n) is 5.92. The number of likely N-dealkylation sites (N-methyl/N-ethyl adjacent to an activating group) is 1. The van der Waals surface area contributed by atoms with Crippen molar-refractivity contribution in [2.75, 3.05) is 65.3 Å². The second-order valence-corrected chi connectivity index (χ2v) is 8.11. The predicted octanol–water partition coefficient (Wildman–Crippen LogP) is 2.26. The highest BCUT2D eigenvalue weighted by atomic mass is 16.2. The average molecular weight is 393 g/mol. The van der Waals surface area contributed by atoms with Crippen LogP contribution in [0.15, 0.2) is 42.5 Å². The molecule has 2 amide bonds. The number of benzene rings is 2. The number of piperazine rings is 1. The Morgan fingerprint density at radius 3 is 2.07 bits per heavy atom. The zero-order valence-corrected chi connectivity index (χ0v) is 17.4. The minimum absolute atomic E-state index is 0.173. The molecule has 2 heterocycles. The summed E-state index contributed by atoms with van der Waals surface area (Å²) >= 11 is 0. The van der Waals surface area contributed by atoms with E-state index in [1.165, 1.54) is 4.90 Å². The van der Waals surface area contributed by atoms with Gasteiger partial charge in [-0.15, -0.1) is 0 Å². The SMILES string of the molecule is CN1CCN(CCN2C(=O)c3ccc(-c4ccc(N(C)C)cc4)cc3C2=O)CC1. The molecule has 0 unspecified atom stereocenters. The van der Waals surface area contributed by atoms with Gasteiger partial charge in [-0.1, -0.05) is 18.2 Å². The molecule has 0 atom stereocenters. The van der Waals surface area contributed by atoms with Gasteiger partial charge < -0.3 is 9.80 Å². The van der Waals surface area contributed by atoms with Crippen LogP contribution in [0.2, 0.25) is 0 Å². The van der Waals surface area contributed by atoms with Gasteiger partial charge in [0.25, 0.3) is 11.8 Å². The van der Waals surface area contributed by atoms with E-state index in [1.54, 1.807) is 6.07 Å². The molecule has 6 heteroatoms. The number of rotatable bonds is 5. The zero-order chi connectivity index (χ0) is 20.5. The van der Waals surface area contributed by atoms with Gasteiger partial charge in [0, 0.05) is 59.1 Å². The highest BCUT2D eigenvalue weighted by molar-refractivity contribution is 6.21. The summed E-state index contributed by atoms with van der Waals surface area (Å²) in [6.07, 6.45) is 0. The van der Waals surface area contributed by atoms with Gasteiger partial charge >= 0.3 is 0 Å². The molecule has 2 aliphatic heterocycles. The lowest BCUT2D eigenvalue weighted by molar-refractivity contribution is 0.0621. The van der Waals surface area contributed by atoms with Gasteiger partial charge in [0.2, 0.25) is 0 Å². The van der Waals surface area contributed by atoms with E-state index in [4.69, 9.17) is 0 Å². The van der Waals surface area contributed by atoms with Crippen molar-refractivity contribution >= 4 is 17.5 Å². The first-order chi connectivity index (χ1) is 13.9. The largest absolute Gasteiger partial charge is 0.378 e. The van der Waals surface area contributed by atoms with Crippen molar-refractivity contribution in [1.29, 1.82) is 0 Å². The summed E-state index contributed by atoms with van der Waals surface area (Å²) < 4.78 is 0. The Balaban J connectivity index is 1.48. The molecule has 29 heavy (non-hydrogen) atoms. The van der Waals surface area contributed by atoms with E-state index in [0.717, 1.165) is 49.5 Å². The quantitative estimate of drug-likeness (QED) is 0.731. The molecule has 2 aliphatic rings. The Hall–Kier alpha value is -2.70. The summed E-state index contributed by atoms with van der Waals surface area (Å²) in [5.74, 6) is -0.348. The molecular formula is C23H28N4O2. The number of hydrogen-bond acceptors (Lipinski definition) is 5. The molecule has 6 nitrogen and oxygen atoms in total. The number of hydrogen-bond donors (Lipinski definition) is 0. The van der Waals surface area contributed by atoms with Crippen LogP contribution in [0.3, 0.4) is 0 Å². The van der Waals surface area contributed by atoms with Gasteiger partial charge in [-0.3, -0.25) is 19.4 Å². The van der Waals surface area contributed by atoms with Crippen molar-refractivity contribution in [3.05, 3.63) is 53.6 Å². The zero-order valence-electron chi connectivity index (χ0n) is 17.4. The van der Waals surface area contributed by atoms with Crippen molar-refractivity contribution in [2.24, 2.45) is 0 Å². The number of carbonyl (C=O) groups excluding carboxylic acids is 2. The molecule has 0 aromatic heterocycles. The van der Waals surface area contributed by atoms with E-state index in [2.05, 4.69) is 29.0 Å². The molecule has 0 spiro atoms. The van der Waals surface area contributed by atoms with Crippen LogP contribution >= 0.6 is 0 Å². The lowest BCUT2D eigenvalue weighted by Gasteiger charge is -2.33. The van der Waals surface area contributed by atoms with E-state index in [1.807, 2.05) is 43.3 Å². The first kappa shape index (κ1) is 19.6. The highest BCUT2D eigenvalue weighted by Gasteiger charge is 2.35. The van der Waals surface area contributed by atoms with Crippen molar-refractivity contribution in [3.63, 3.8) is 0 Å². The first-order valence-corrected chi connectivity index (χ1v) is 10.1. The average Bonchev–Trinajstić information content (AvgIpc) is 2.97. The number of amides is 2. The third kappa shape index (κ3) is 3.91. The van der Waals surface area contributed by atoms with Crippen LogP contribution < -0.4 is 4.90 Å². The Kier molecular flexibility index (Phi) is 5.39. The number of carbonyl (C=O) groups is 2. The fourth-order valence-electron chi connectivity index (χ4n) is 3.94. The van der Waals surface area contributed by atoms with Crippen LogP contribution in [0.5, 0.6) is 0 Å². The van der Waals surface area contributed by atoms with Gasteiger partial charge in [-0.25, -0.2) is 0 Å². The highest BCUT2D eigenvalue weighted by Crippen LogP contribution is 2.29. The van der Waals surface area contributed by atoms with E-state index >= 15 is 0 Å². The summed E-state index contributed by atoms with van der Waals surface area (Å²) in [5.41, 5.74) is 4.14. The van der Waals surface area contributed by atoms with Crippen LogP contribution in [0, 0.1) is 0 Å². The second kappa shape index (κ2) is 7.97. The van der Waals surface area contributed by atoms with Crippen LogP contribution in [0.4, 0.5) is 5.69 Å². The fourth-order valence-corrected chi connectivity index (χ4v) is 3.94. The Labute approximate surface area is 172 Å². The summed E-state index contributed by atoms with van der Waals surface area (Å²) in [4.78, 5) is 33.8. The summed E-state index contributed by atoms with van der Waals surface area (Å²) in [6.45, 7) is 5.19. The lowest BCUT2D eigenvalue weighted by Crippen LogP contribution is -2.47. The monoisotopic (exact) mass is 392 g/mol. The molecule has 0 aliphatic carbocycles. The molecule has 1 saturated heterocycles. The van der Waals surface area contributed by atoms with Gasteiger partial charge in [0.15, 0.2) is 0 Å². The summed E-state index contributed by atoms with van der Waals surface area (Å²) in [7, 11) is 6.13. The van der Waals surface area contributed by atoms with Crippen LogP contribution in [0.1, 0.15) is 20.7 Å². The van der Waals surface area contributed by atoms with Crippen LogP contribution in [-0.2, 0) is 0 Å².